The van der Waals surface area contributed by atoms with Crippen molar-refractivity contribution in [1.82, 2.24) is 0 Å². The van der Waals surface area contributed by atoms with Crippen LogP contribution in [0.25, 0.3) is 11.0 Å². The molecule has 6 heteroatoms. The van der Waals surface area contributed by atoms with Crippen molar-refractivity contribution in [3.63, 3.8) is 0 Å². The fraction of sp³-hybridized carbons (Fsp3) is 0.214. The van der Waals surface area contributed by atoms with Crippen molar-refractivity contribution in [2.24, 2.45) is 0 Å². The van der Waals surface area contributed by atoms with Crippen LogP contribution in [0.4, 0.5) is 10.1 Å². The van der Waals surface area contributed by atoms with Gasteiger partial charge in [-0.2, -0.15) is 0 Å². The van der Waals surface area contributed by atoms with Gasteiger partial charge in [-0.15, -0.1) is 0 Å². The summed E-state index contributed by atoms with van der Waals surface area (Å²) in [5, 5.41) is 0.434. The molecule has 2 heterocycles. The Morgan fingerprint density at radius 2 is 1.65 bits per heavy atom. The molecule has 1 aromatic heterocycles. The summed E-state index contributed by atoms with van der Waals surface area (Å²) in [4.78, 5) is 28.8. The molecule has 0 radical (unpaired) electrons. The van der Waals surface area contributed by atoms with Crippen LogP contribution in [-0.4, -0.2) is 12.5 Å². The van der Waals surface area contributed by atoms with Crippen LogP contribution < -0.4 is 15.1 Å². The molecular formula is C28H24FNO4. The van der Waals surface area contributed by atoms with Gasteiger partial charge in [0.15, 0.2) is 5.43 Å². The second-order valence-corrected chi connectivity index (χ2v) is 8.58. The third-order valence-corrected chi connectivity index (χ3v) is 6.26. The molecule has 1 unspecified atom stereocenters. The first kappa shape index (κ1) is 21.9. The second kappa shape index (κ2) is 8.45. The van der Waals surface area contributed by atoms with Gasteiger partial charge in [0.2, 0.25) is 5.76 Å². The number of hydrogen-bond acceptors (Lipinski definition) is 4. The molecule has 0 saturated carbocycles. The number of fused-ring (bicyclic) bond motifs is 2. The molecule has 172 valence electrons. The summed E-state index contributed by atoms with van der Waals surface area (Å²) in [6.45, 7) is 6.49. The van der Waals surface area contributed by atoms with E-state index >= 15 is 0 Å². The number of benzene rings is 3. The number of aryl methyl sites for hydroxylation is 2. The number of rotatable bonds is 5. The molecule has 3 aromatic carbocycles. The fourth-order valence-corrected chi connectivity index (χ4v) is 4.38. The number of amides is 1. The Kier molecular flexibility index (Phi) is 5.44. The lowest BCUT2D eigenvalue weighted by atomic mass is 9.97. The van der Waals surface area contributed by atoms with E-state index in [1.807, 2.05) is 45.0 Å². The van der Waals surface area contributed by atoms with Crippen molar-refractivity contribution in [2.45, 2.75) is 33.2 Å². The van der Waals surface area contributed by atoms with Crippen LogP contribution in [0.3, 0.4) is 0 Å². The molecule has 0 saturated heterocycles. The van der Waals surface area contributed by atoms with E-state index in [0.29, 0.717) is 29.0 Å². The first-order valence-corrected chi connectivity index (χ1v) is 11.3. The second-order valence-electron chi connectivity index (χ2n) is 8.58. The fourth-order valence-electron chi connectivity index (χ4n) is 4.38. The van der Waals surface area contributed by atoms with Crippen LogP contribution in [0.15, 0.2) is 69.9 Å². The predicted octanol–water partition coefficient (Wildman–Crippen LogP) is 6.09. The lowest BCUT2D eigenvalue weighted by Crippen LogP contribution is -2.29. The van der Waals surface area contributed by atoms with Crippen LogP contribution in [0, 0.1) is 19.7 Å². The highest BCUT2D eigenvalue weighted by atomic mass is 19.1. The van der Waals surface area contributed by atoms with E-state index in [9.17, 15) is 14.0 Å². The van der Waals surface area contributed by atoms with Gasteiger partial charge in [0.05, 0.1) is 23.6 Å². The molecule has 5 rings (SSSR count). The van der Waals surface area contributed by atoms with Crippen LogP contribution in [-0.2, 0) is 0 Å². The van der Waals surface area contributed by atoms with Gasteiger partial charge in [0, 0.05) is 5.69 Å². The zero-order valence-electron chi connectivity index (χ0n) is 19.2. The van der Waals surface area contributed by atoms with Crippen molar-refractivity contribution in [3.8, 4) is 5.75 Å². The van der Waals surface area contributed by atoms with E-state index in [-0.39, 0.29) is 16.8 Å². The predicted molar refractivity (Wildman–Crippen MR) is 129 cm³/mol. The number of anilines is 1. The van der Waals surface area contributed by atoms with E-state index in [2.05, 4.69) is 0 Å². The monoisotopic (exact) mass is 457 g/mol. The molecule has 0 spiro atoms. The van der Waals surface area contributed by atoms with Crippen LogP contribution in [0.5, 0.6) is 5.75 Å². The molecule has 0 aliphatic carbocycles. The zero-order chi connectivity index (χ0) is 24.0. The van der Waals surface area contributed by atoms with E-state index in [1.165, 1.54) is 29.2 Å². The van der Waals surface area contributed by atoms with Gasteiger partial charge < -0.3 is 9.15 Å². The molecule has 5 nitrogen and oxygen atoms in total. The summed E-state index contributed by atoms with van der Waals surface area (Å²) in [5.41, 5.74) is 3.56. The van der Waals surface area contributed by atoms with Gasteiger partial charge in [0.25, 0.3) is 5.91 Å². The van der Waals surface area contributed by atoms with E-state index in [1.54, 1.807) is 12.1 Å². The van der Waals surface area contributed by atoms with Gasteiger partial charge in [0.1, 0.15) is 17.1 Å². The first-order valence-electron chi connectivity index (χ1n) is 11.3. The number of carbonyl (C=O) groups excluding carboxylic acids is 1. The highest BCUT2D eigenvalue weighted by Gasteiger charge is 2.43. The third-order valence-electron chi connectivity index (χ3n) is 6.26. The summed E-state index contributed by atoms with van der Waals surface area (Å²) in [7, 11) is 0. The summed E-state index contributed by atoms with van der Waals surface area (Å²) in [6.07, 6.45) is 0.887. The van der Waals surface area contributed by atoms with Crippen molar-refractivity contribution in [2.75, 3.05) is 11.5 Å². The zero-order valence-corrected chi connectivity index (χ0v) is 19.2. The largest absolute Gasteiger partial charge is 0.494 e. The van der Waals surface area contributed by atoms with Gasteiger partial charge in [-0.1, -0.05) is 19.1 Å². The van der Waals surface area contributed by atoms with E-state index in [4.69, 9.17) is 9.15 Å². The molecular weight excluding hydrogens is 433 g/mol. The first-order chi connectivity index (χ1) is 16.4. The number of nitrogens with zero attached hydrogens (tertiary/aromatic N) is 1. The third kappa shape index (κ3) is 3.55. The summed E-state index contributed by atoms with van der Waals surface area (Å²) in [6, 6.07) is 15.9. The summed E-state index contributed by atoms with van der Waals surface area (Å²) in [5.74, 6) is -0.121. The number of hydrogen-bond donors (Lipinski definition) is 0. The molecule has 0 fully saturated rings. The van der Waals surface area contributed by atoms with Crippen molar-refractivity contribution in [3.05, 3.63) is 105 Å². The average Bonchev–Trinajstić information content (AvgIpc) is 3.12. The number of ether oxygens (including phenoxy) is 1. The summed E-state index contributed by atoms with van der Waals surface area (Å²) < 4.78 is 25.4. The highest BCUT2D eigenvalue weighted by molar-refractivity contribution is 6.10. The lowest BCUT2D eigenvalue weighted by molar-refractivity contribution is 0.0971. The Morgan fingerprint density at radius 1 is 0.971 bits per heavy atom. The maximum absolute atomic E-state index is 13.7. The van der Waals surface area contributed by atoms with Gasteiger partial charge in [-0.25, -0.2) is 4.39 Å². The molecule has 0 N–H and O–H groups in total. The van der Waals surface area contributed by atoms with Crippen LogP contribution in [0.1, 0.15) is 52.2 Å². The SMILES string of the molecule is CCCOc1ccc(C2c3c(oc4cc(C)c(C)cc4c3=O)C(=O)N2c2ccc(F)cc2)cc1. The molecule has 1 amide bonds. The van der Waals surface area contributed by atoms with Crippen molar-refractivity contribution < 1.29 is 18.3 Å². The Labute approximate surface area is 196 Å². The minimum absolute atomic E-state index is 0.0152. The molecule has 34 heavy (non-hydrogen) atoms. The molecule has 1 atom stereocenters. The Balaban J connectivity index is 1.73. The van der Waals surface area contributed by atoms with Crippen LogP contribution in [0.2, 0.25) is 0 Å². The van der Waals surface area contributed by atoms with Gasteiger partial charge >= 0.3 is 0 Å². The Hall–Kier alpha value is -3.93. The minimum atomic E-state index is -0.713. The highest BCUT2D eigenvalue weighted by Crippen LogP contribution is 2.41. The average molecular weight is 458 g/mol. The number of halogens is 1. The molecule has 1 aliphatic rings. The van der Waals surface area contributed by atoms with E-state index in [0.717, 1.165) is 23.1 Å². The summed E-state index contributed by atoms with van der Waals surface area (Å²) >= 11 is 0. The molecule has 1 aliphatic heterocycles. The Morgan fingerprint density at radius 3 is 2.32 bits per heavy atom. The van der Waals surface area contributed by atoms with Gasteiger partial charge in [-0.05, 0) is 85.5 Å². The van der Waals surface area contributed by atoms with Crippen molar-refractivity contribution >= 4 is 22.6 Å². The van der Waals surface area contributed by atoms with Crippen LogP contribution >= 0.6 is 0 Å². The van der Waals surface area contributed by atoms with Crippen molar-refractivity contribution in [1.29, 1.82) is 0 Å². The van der Waals surface area contributed by atoms with E-state index < -0.39 is 17.8 Å². The molecule has 4 aromatic rings. The standard InChI is InChI=1S/C28H24FNO4/c1-4-13-33-21-11-5-18(6-12-21)25-24-26(31)22-14-16(2)17(3)15-23(22)34-27(24)28(32)30(25)20-9-7-19(29)8-10-20/h5-12,14-15,25H,4,13H2,1-3H3. The quantitative estimate of drug-likeness (QED) is 0.364. The smallest absolute Gasteiger partial charge is 0.295 e. The lowest BCUT2D eigenvalue weighted by Gasteiger charge is -2.25. The minimum Gasteiger partial charge on any atom is -0.494 e. The number of carbonyl (C=O) groups is 1. The van der Waals surface area contributed by atoms with Gasteiger partial charge in [-0.3, -0.25) is 14.5 Å². The molecule has 0 bridgehead atoms. The topological polar surface area (TPSA) is 59.8 Å². The Bertz CT molecular complexity index is 1460. The maximum atomic E-state index is 13.7. The normalized spacial score (nSPS) is 15.1. The maximum Gasteiger partial charge on any atom is 0.295 e.